The molecule has 0 unspecified atom stereocenters. The van der Waals surface area contributed by atoms with Crippen molar-refractivity contribution in [3.63, 3.8) is 0 Å². The van der Waals surface area contributed by atoms with Gasteiger partial charge >= 0.3 is 0 Å². The molecular formula is C15H25N3O. The predicted molar refractivity (Wildman–Crippen MR) is 78.4 cm³/mol. The maximum absolute atomic E-state index is 5.18. The lowest BCUT2D eigenvalue weighted by Crippen LogP contribution is -2.53. The fourth-order valence-electron chi connectivity index (χ4n) is 2.41. The van der Waals surface area contributed by atoms with Gasteiger partial charge in [0.15, 0.2) is 0 Å². The van der Waals surface area contributed by atoms with Crippen molar-refractivity contribution < 1.29 is 4.74 Å². The molecule has 0 aromatic heterocycles. The number of benzene rings is 1. The van der Waals surface area contributed by atoms with E-state index in [1.165, 1.54) is 5.56 Å². The molecule has 1 aromatic carbocycles. The summed E-state index contributed by atoms with van der Waals surface area (Å²) in [5, 5.41) is 2.34. The summed E-state index contributed by atoms with van der Waals surface area (Å²) in [7, 11) is 3.88. The molecule has 1 N–H and O–H groups in total. The second-order valence-electron chi connectivity index (χ2n) is 5.37. The Bertz CT molecular complexity index is 371. The van der Waals surface area contributed by atoms with Gasteiger partial charge in [0.25, 0.3) is 0 Å². The SMILES string of the molecule is COc1ccc(C[C@@H](C)NN2CCN(C)CC2)cc1. The van der Waals surface area contributed by atoms with Crippen molar-refractivity contribution in [1.82, 2.24) is 15.3 Å². The topological polar surface area (TPSA) is 27.7 Å². The van der Waals surface area contributed by atoms with Gasteiger partial charge in [-0.05, 0) is 38.1 Å². The number of rotatable bonds is 5. The molecule has 0 saturated carbocycles. The van der Waals surface area contributed by atoms with Crippen molar-refractivity contribution >= 4 is 0 Å². The molecule has 0 aliphatic carbocycles. The van der Waals surface area contributed by atoms with E-state index in [1.54, 1.807) is 7.11 Å². The zero-order valence-corrected chi connectivity index (χ0v) is 12.2. The molecule has 1 atom stereocenters. The minimum absolute atomic E-state index is 0.455. The molecule has 1 aromatic rings. The summed E-state index contributed by atoms with van der Waals surface area (Å²) in [6.07, 6.45) is 1.04. The van der Waals surface area contributed by atoms with E-state index in [0.717, 1.165) is 38.3 Å². The van der Waals surface area contributed by atoms with E-state index >= 15 is 0 Å². The van der Waals surface area contributed by atoms with Crippen LogP contribution >= 0.6 is 0 Å². The maximum atomic E-state index is 5.18. The molecule has 0 radical (unpaired) electrons. The van der Waals surface area contributed by atoms with E-state index in [4.69, 9.17) is 4.74 Å². The quantitative estimate of drug-likeness (QED) is 0.868. The molecule has 19 heavy (non-hydrogen) atoms. The Hall–Kier alpha value is -1.10. The van der Waals surface area contributed by atoms with E-state index in [1.807, 2.05) is 12.1 Å². The number of hydrogen-bond acceptors (Lipinski definition) is 4. The van der Waals surface area contributed by atoms with Gasteiger partial charge in [0.2, 0.25) is 0 Å². The largest absolute Gasteiger partial charge is 0.497 e. The highest BCUT2D eigenvalue weighted by molar-refractivity contribution is 5.27. The third-order valence-electron chi connectivity index (χ3n) is 3.61. The van der Waals surface area contributed by atoms with E-state index in [-0.39, 0.29) is 0 Å². The van der Waals surface area contributed by atoms with Crippen molar-refractivity contribution in [3.8, 4) is 5.75 Å². The maximum Gasteiger partial charge on any atom is 0.118 e. The van der Waals surface area contributed by atoms with Crippen molar-refractivity contribution in [1.29, 1.82) is 0 Å². The molecular weight excluding hydrogens is 238 g/mol. The Kier molecular flexibility index (Phi) is 5.19. The van der Waals surface area contributed by atoms with Crippen LogP contribution in [0.2, 0.25) is 0 Å². The molecule has 0 spiro atoms. The first-order chi connectivity index (χ1) is 9.17. The minimum Gasteiger partial charge on any atom is -0.497 e. The molecule has 1 fully saturated rings. The van der Waals surface area contributed by atoms with E-state index in [2.05, 4.69) is 41.4 Å². The number of nitrogens with zero attached hydrogens (tertiary/aromatic N) is 2. The first-order valence-electron chi connectivity index (χ1n) is 7.00. The van der Waals surface area contributed by atoms with Gasteiger partial charge in [-0.25, -0.2) is 5.01 Å². The number of piperazine rings is 1. The zero-order valence-electron chi connectivity index (χ0n) is 12.2. The third-order valence-corrected chi connectivity index (χ3v) is 3.61. The summed E-state index contributed by atoms with van der Waals surface area (Å²) in [6.45, 7) is 6.72. The molecule has 0 amide bonds. The van der Waals surface area contributed by atoms with Crippen molar-refractivity contribution in [2.45, 2.75) is 19.4 Å². The molecule has 4 nitrogen and oxygen atoms in total. The van der Waals surface area contributed by atoms with Crippen LogP contribution in [0.4, 0.5) is 0 Å². The molecule has 2 rings (SSSR count). The number of methoxy groups -OCH3 is 1. The second kappa shape index (κ2) is 6.89. The molecule has 1 saturated heterocycles. The average Bonchev–Trinajstić information content (AvgIpc) is 2.42. The molecule has 0 bridgehead atoms. The predicted octanol–water partition coefficient (Wildman–Crippen LogP) is 1.38. The van der Waals surface area contributed by atoms with Gasteiger partial charge in [-0.15, -0.1) is 0 Å². The van der Waals surface area contributed by atoms with Crippen LogP contribution in [0, 0.1) is 0 Å². The van der Waals surface area contributed by atoms with E-state index < -0.39 is 0 Å². The van der Waals surface area contributed by atoms with Crippen molar-refractivity contribution in [3.05, 3.63) is 29.8 Å². The summed E-state index contributed by atoms with van der Waals surface area (Å²) in [5.74, 6) is 0.920. The van der Waals surface area contributed by atoms with Crippen LogP contribution in [-0.4, -0.2) is 56.3 Å². The zero-order chi connectivity index (χ0) is 13.7. The molecule has 106 valence electrons. The van der Waals surface area contributed by atoms with Crippen LogP contribution in [0.25, 0.3) is 0 Å². The Morgan fingerprint density at radius 3 is 2.37 bits per heavy atom. The first kappa shape index (κ1) is 14.3. The Morgan fingerprint density at radius 1 is 1.16 bits per heavy atom. The van der Waals surface area contributed by atoms with Crippen molar-refractivity contribution in [2.75, 3.05) is 40.3 Å². The average molecular weight is 263 g/mol. The summed E-state index contributed by atoms with van der Waals surface area (Å²) in [6, 6.07) is 8.79. The lowest BCUT2D eigenvalue weighted by molar-refractivity contribution is 0.0899. The Morgan fingerprint density at radius 2 is 1.79 bits per heavy atom. The van der Waals surface area contributed by atoms with Crippen LogP contribution < -0.4 is 10.2 Å². The van der Waals surface area contributed by atoms with Crippen molar-refractivity contribution in [2.24, 2.45) is 0 Å². The number of nitrogens with one attached hydrogen (secondary N) is 1. The summed E-state index contributed by atoms with van der Waals surface area (Å²) in [5.41, 5.74) is 4.93. The minimum atomic E-state index is 0.455. The van der Waals surface area contributed by atoms with Gasteiger partial charge in [0, 0.05) is 32.2 Å². The van der Waals surface area contributed by atoms with Gasteiger partial charge in [0.1, 0.15) is 5.75 Å². The van der Waals surface area contributed by atoms with E-state index in [9.17, 15) is 0 Å². The Balaban J connectivity index is 1.78. The van der Waals surface area contributed by atoms with Crippen LogP contribution in [0.3, 0.4) is 0 Å². The van der Waals surface area contributed by atoms with E-state index in [0.29, 0.717) is 6.04 Å². The lowest BCUT2D eigenvalue weighted by Gasteiger charge is -2.34. The third kappa shape index (κ3) is 4.49. The monoisotopic (exact) mass is 263 g/mol. The highest BCUT2D eigenvalue weighted by Gasteiger charge is 2.15. The van der Waals surface area contributed by atoms with Gasteiger partial charge in [-0.1, -0.05) is 12.1 Å². The fourth-order valence-corrected chi connectivity index (χ4v) is 2.41. The number of likely N-dealkylation sites (N-methyl/N-ethyl adjacent to an activating group) is 1. The van der Waals surface area contributed by atoms with Gasteiger partial charge in [-0.3, -0.25) is 5.43 Å². The van der Waals surface area contributed by atoms with Crippen LogP contribution in [0.15, 0.2) is 24.3 Å². The first-order valence-corrected chi connectivity index (χ1v) is 7.00. The van der Waals surface area contributed by atoms with Crippen LogP contribution in [0.1, 0.15) is 12.5 Å². The normalized spacial score (nSPS) is 19.3. The summed E-state index contributed by atoms with van der Waals surface area (Å²) in [4.78, 5) is 2.37. The van der Waals surface area contributed by atoms with Crippen LogP contribution in [0.5, 0.6) is 5.75 Å². The second-order valence-corrected chi connectivity index (χ2v) is 5.37. The molecule has 1 aliphatic heterocycles. The van der Waals surface area contributed by atoms with Gasteiger partial charge in [0.05, 0.1) is 7.11 Å². The number of hydrogen-bond donors (Lipinski definition) is 1. The van der Waals surface area contributed by atoms with Gasteiger partial charge in [-0.2, -0.15) is 0 Å². The molecule has 1 heterocycles. The highest BCUT2D eigenvalue weighted by atomic mass is 16.5. The fraction of sp³-hybridized carbons (Fsp3) is 0.600. The summed E-state index contributed by atoms with van der Waals surface area (Å²) >= 11 is 0. The lowest BCUT2D eigenvalue weighted by atomic mass is 10.1. The van der Waals surface area contributed by atoms with Crippen LogP contribution in [-0.2, 0) is 6.42 Å². The number of hydrazine groups is 1. The number of ether oxygens (including phenoxy) is 1. The highest BCUT2D eigenvalue weighted by Crippen LogP contribution is 2.12. The van der Waals surface area contributed by atoms with Gasteiger partial charge < -0.3 is 9.64 Å². The molecule has 1 aliphatic rings. The molecule has 4 heteroatoms. The standard InChI is InChI=1S/C15H25N3O/c1-13(16-18-10-8-17(2)9-11-18)12-14-4-6-15(19-3)7-5-14/h4-7,13,16H,8-12H2,1-3H3/t13-/m1/s1. The Labute approximate surface area is 116 Å². The smallest absolute Gasteiger partial charge is 0.118 e. The summed E-state index contributed by atoms with van der Waals surface area (Å²) < 4.78 is 5.18.